The van der Waals surface area contributed by atoms with Gasteiger partial charge in [-0.05, 0) is 44.5 Å². The number of piperidine rings is 1. The van der Waals surface area contributed by atoms with Gasteiger partial charge in [0, 0.05) is 25.8 Å². The molecule has 2 bridgehead atoms. The maximum atomic E-state index is 13.0. The third kappa shape index (κ3) is 1.95. The van der Waals surface area contributed by atoms with Gasteiger partial charge < -0.3 is 14.2 Å². The normalized spacial score (nSPS) is 35.0. The molecule has 0 amide bonds. The lowest BCUT2D eigenvalue weighted by Gasteiger charge is -2.63. The minimum absolute atomic E-state index is 0.0175. The van der Waals surface area contributed by atoms with Crippen molar-refractivity contribution < 1.29 is 28.6 Å². The molecule has 4 aliphatic rings. The smallest absolute Gasteiger partial charge is 0.308 e. The van der Waals surface area contributed by atoms with E-state index in [-0.39, 0.29) is 17.8 Å². The van der Waals surface area contributed by atoms with Crippen molar-refractivity contribution in [1.82, 2.24) is 4.90 Å². The molecule has 1 unspecified atom stereocenters. The van der Waals surface area contributed by atoms with Crippen molar-refractivity contribution in [2.75, 3.05) is 13.6 Å². The minimum atomic E-state index is -0.822. The Bertz CT molecular complexity index is 926. The topological polar surface area (TPSA) is 82.1 Å². The van der Waals surface area contributed by atoms with Gasteiger partial charge in [0.25, 0.3) is 0 Å². The quantitative estimate of drug-likeness (QED) is 0.564. The summed E-state index contributed by atoms with van der Waals surface area (Å²) >= 11 is 0. The lowest BCUT2D eigenvalue weighted by molar-refractivity contribution is -0.211. The number of hydrogen-bond donors (Lipinski definition) is 0. The molecule has 2 heterocycles. The SMILES string of the molecule is CC(=O)Oc1ccc2c3c1O[C@H]1C(=O)CC[C@@]4(OC(C)=O)[C@@H](C2)N(C)CCC314. The van der Waals surface area contributed by atoms with Gasteiger partial charge in [-0.15, -0.1) is 0 Å². The van der Waals surface area contributed by atoms with E-state index in [9.17, 15) is 14.4 Å². The average Bonchev–Trinajstić information content (AvgIpc) is 2.97. The first-order valence-corrected chi connectivity index (χ1v) is 9.74. The summed E-state index contributed by atoms with van der Waals surface area (Å²) in [6, 6.07) is 3.66. The van der Waals surface area contributed by atoms with Crippen molar-refractivity contribution in [3.63, 3.8) is 0 Å². The lowest BCUT2D eigenvalue weighted by Crippen LogP contribution is -2.77. The number of hydrogen-bond acceptors (Lipinski definition) is 7. The molecule has 1 spiro atoms. The number of ether oxygens (including phenoxy) is 3. The second kappa shape index (κ2) is 5.56. The summed E-state index contributed by atoms with van der Waals surface area (Å²) in [5.74, 6) is 0.0240. The van der Waals surface area contributed by atoms with E-state index in [1.165, 1.54) is 13.8 Å². The fourth-order valence-electron chi connectivity index (χ4n) is 6.19. The molecule has 7 heteroatoms. The highest BCUT2D eigenvalue weighted by Crippen LogP contribution is 2.65. The van der Waals surface area contributed by atoms with Gasteiger partial charge in [0.2, 0.25) is 0 Å². The van der Waals surface area contributed by atoms with Crippen molar-refractivity contribution in [2.45, 2.75) is 62.7 Å². The number of carbonyl (C=O) groups is 3. The molecule has 2 fully saturated rings. The summed E-state index contributed by atoms with van der Waals surface area (Å²) in [4.78, 5) is 39.0. The summed E-state index contributed by atoms with van der Waals surface area (Å²) in [6.45, 7) is 3.54. The van der Waals surface area contributed by atoms with E-state index in [0.29, 0.717) is 37.2 Å². The highest BCUT2D eigenvalue weighted by atomic mass is 16.6. The number of rotatable bonds is 2. The van der Waals surface area contributed by atoms with E-state index in [1.807, 2.05) is 13.1 Å². The molecule has 5 rings (SSSR count). The van der Waals surface area contributed by atoms with Crippen LogP contribution in [0.1, 0.15) is 44.2 Å². The van der Waals surface area contributed by atoms with Crippen LogP contribution in [-0.2, 0) is 31.0 Å². The molecule has 148 valence electrons. The van der Waals surface area contributed by atoms with E-state index in [2.05, 4.69) is 4.90 Å². The summed E-state index contributed by atoms with van der Waals surface area (Å²) in [7, 11) is 2.04. The van der Waals surface area contributed by atoms with Crippen molar-refractivity contribution in [2.24, 2.45) is 0 Å². The lowest BCUT2D eigenvalue weighted by atomic mass is 9.49. The number of likely N-dealkylation sites (tertiary alicyclic amines) is 1. The number of carbonyl (C=O) groups excluding carboxylic acids is 3. The Labute approximate surface area is 162 Å². The molecule has 28 heavy (non-hydrogen) atoms. The molecule has 4 atom stereocenters. The van der Waals surface area contributed by atoms with E-state index in [1.54, 1.807) is 6.07 Å². The molecule has 2 aliphatic heterocycles. The number of ketones is 1. The van der Waals surface area contributed by atoms with Crippen LogP contribution in [0.5, 0.6) is 11.5 Å². The fourth-order valence-corrected chi connectivity index (χ4v) is 6.19. The Kier molecular flexibility index (Phi) is 3.51. The third-order valence-corrected chi connectivity index (χ3v) is 7.05. The Hall–Kier alpha value is -2.41. The highest BCUT2D eigenvalue weighted by Gasteiger charge is 2.75. The zero-order valence-corrected chi connectivity index (χ0v) is 16.2. The van der Waals surface area contributed by atoms with Gasteiger partial charge in [0.15, 0.2) is 23.4 Å². The predicted octanol–water partition coefficient (Wildman–Crippen LogP) is 1.54. The molecule has 0 aromatic heterocycles. The number of Topliss-reactive ketones (excluding diaryl/α,β-unsaturated/α-hetero) is 1. The van der Waals surface area contributed by atoms with Crippen LogP contribution in [0, 0.1) is 0 Å². The fraction of sp³-hybridized carbons (Fsp3) is 0.571. The monoisotopic (exact) mass is 385 g/mol. The van der Waals surface area contributed by atoms with Crippen molar-refractivity contribution in [3.8, 4) is 11.5 Å². The first-order valence-electron chi connectivity index (χ1n) is 9.74. The minimum Gasteiger partial charge on any atom is -0.477 e. The Morgan fingerprint density at radius 1 is 1.21 bits per heavy atom. The Morgan fingerprint density at radius 3 is 2.71 bits per heavy atom. The molecule has 1 aromatic carbocycles. The average molecular weight is 385 g/mol. The second-order valence-corrected chi connectivity index (χ2v) is 8.39. The third-order valence-electron chi connectivity index (χ3n) is 7.05. The van der Waals surface area contributed by atoms with E-state index < -0.39 is 23.1 Å². The van der Waals surface area contributed by atoms with Gasteiger partial charge in [0.1, 0.15) is 5.60 Å². The highest BCUT2D eigenvalue weighted by molar-refractivity contribution is 5.90. The zero-order chi connectivity index (χ0) is 19.8. The summed E-state index contributed by atoms with van der Waals surface area (Å²) in [5.41, 5.74) is 0.416. The largest absolute Gasteiger partial charge is 0.477 e. The van der Waals surface area contributed by atoms with Crippen LogP contribution < -0.4 is 9.47 Å². The number of benzene rings is 1. The maximum Gasteiger partial charge on any atom is 0.308 e. The van der Waals surface area contributed by atoms with Crippen molar-refractivity contribution >= 4 is 17.7 Å². The van der Waals surface area contributed by atoms with Crippen LogP contribution in [0.4, 0.5) is 0 Å². The second-order valence-electron chi connectivity index (χ2n) is 8.39. The molecule has 0 N–H and O–H groups in total. The van der Waals surface area contributed by atoms with Crippen LogP contribution in [0.2, 0.25) is 0 Å². The molecule has 1 saturated carbocycles. The van der Waals surface area contributed by atoms with Crippen LogP contribution in [0.25, 0.3) is 0 Å². The van der Waals surface area contributed by atoms with E-state index in [0.717, 1.165) is 17.7 Å². The van der Waals surface area contributed by atoms with E-state index >= 15 is 0 Å². The van der Waals surface area contributed by atoms with Crippen LogP contribution in [-0.4, -0.2) is 54.0 Å². The molecule has 0 radical (unpaired) electrons. The molecule has 1 aromatic rings. The number of likely N-dealkylation sites (N-methyl/N-ethyl adjacent to an activating group) is 1. The van der Waals surface area contributed by atoms with Crippen molar-refractivity contribution in [3.05, 3.63) is 23.3 Å². The van der Waals surface area contributed by atoms with Gasteiger partial charge in [-0.25, -0.2) is 0 Å². The first kappa shape index (κ1) is 17.7. The first-order chi connectivity index (χ1) is 13.3. The predicted molar refractivity (Wildman–Crippen MR) is 97.3 cm³/mol. The van der Waals surface area contributed by atoms with Crippen LogP contribution in [0.15, 0.2) is 12.1 Å². The number of nitrogens with zero attached hydrogens (tertiary/aromatic N) is 1. The van der Waals surface area contributed by atoms with Gasteiger partial charge in [0.05, 0.1) is 11.5 Å². The molecular formula is C21H23NO6. The van der Waals surface area contributed by atoms with Crippen molar-refractivity contribution in [1.29, 1.82) is 0 Å². The van der Waals surface area contributed by atoms with Gasteiger partial charge in [-0.1, -0.05) is 6.07 Å². The zero-order valence-electron chi connectivity index (χ0n) is 16.2. The summed E-state index contributed by atoms with van der Waals surface area (Å²) in [5, 5.41) is 0. The van der Waals surface area contributed by atoms with Crippen LogP contribution >= 0.6 is 0 Å². The standard InChI is InChI=1S/C21H23NO6/c1-11(23)26-15-5-4-13-10-16-21(28-12(2)24)7-6-14(25)19-20(21,8-9-22(16)3)17(13)18(15)27-19/h4-5,16,19H,6-10H2,1-3H3/t16-,19+,20?,21-/m1/s1. The van der Waals surface area contributed by atoms with E-state index in [4.69, 9.17) is 14.2 Å². The van der Waals surface area contributed by atoms with Gasteiger partial charge >= 0.3 is 11.9 Å². The Balaban J connectivity index is 1.81. The maximum absolute atomic E-state index is 13.0. The summed E-state index contributed by atoms with van der Waals surface area (Å²) < 4.78 is 17.7. The summed E-state index contributed by atoms with van der Waals surface area (Å²) in [6.07, 6.45) is 1.40. The molecule has 2 aliphatic carbocycles. The van der Waals surface area contributed by atoms with Crippen LogP contribution in [0.3, 0.4) is 0 Å². The van der Waals surface area contributed by atoms with Gasteiger partial charge in [-0.3, -0.25) is 19.3 Å². The number of esters is 2. The molecular weight excluding hydrogens is 362 g/mol. The molecule has 7 nitrogen and oxygen atoms in total. The van der Waals surface area contributed by atoms with Gasteiger partial charge in [-0.2, -0.15) is 0 Å². The Morgan fingerprint density at radius 2 is 2.00 bits per heavy atom. The molecule has 1 saturated heterocycles.